The second-order valence-corrected chi connectivity index (χ2v) is 7.63. The lowest BCUT2D eigenvalue weighted by Gasteiger charge is -2.17. The maximum Gasteiger partial charge on any atom is 0.259 e. The van der Waals surface area contributed by atoms with Gasteiger partial charge in [-0.15, -0.1) is 0 Å². The van der Waals surface area contributed by atoms with Crippen molar-refractivity contribution in [1.82, 2.24) is 0 Å². The van der Waals surface area contributed by atoms with Crippen molar-refractivity contribution in [2.75, 3.05) is 22.5 Å². The second kappa shape index (κ2) is 7.61. The summed E-state index contributed by atoms with van der Waals surface area (Å²) in [5.41, 5.74) is 10.4. The molecule has 31 heavy (non-hydrogen) atoms. The van der Waals surface area contributed by atoms with Crippen molar-refractivity contribution in [1.29, 1.82) is 0 Å². The summed E-state index contributed by atoms with van der Waals surface area (Å²) in [6.45, 7) is 0.582. The van der Waals surface area contributed by atoms with Crippen LogP contribution in [0.1, 0.15) is 26.3 Å². The van der Waals surface area contributed by atoms with E-state index in [4.69, 9.17) is 5.73 Å². The van der Waals surface area contributed by atoms with Crippen molar-refractivity contribution in [3.05, 3.63) is 102 Å². The third kappa shape index (κ3) is 3.40. The first-order valence-electron chi connectivity index (χ1n) is 10.2. The number of para-hydroxylation sites is 2. The predicted octanol–water partition coefficient (Wildman–Crippen LogP) is 4.88. The van der Waals surface area contributed by atoms with Crippen LogP contribution in [0.2, 0.25) is 0 Å². The lowest BCUT2D eigenvalue weighted by Crippen LogP contribution is -2.29. The maximum atomic E-state index is 12.9. The summed E-state index contributed by atoms with van der Waals surface area (Å²) in [4.78, 5) is 27.2. The number of hydrogen-bond acceptors (Lipinski definition) is 3. The van der Waals surface area contributed by atoms with E-state index in [1.54, 1.807) is 24.3 Å². The van der Waals surface area contributed by atoms with Crippen LogP contribution in [0.5, 0.6) is 0 Å². The fraction of sp³-hybridized carbons (Fsp3) is 0.0769. The predicted molar refractivity (Wildman–Crippen MR) is 125 cm³/mol. The molecule has 2 amide bonds. The minimum Gasteiger partial charge on any atom is -0.397 e. The number of nitrogens with zero attached hydrogens (tertiary/aromatic N) is 1. The molecule has 0 atom stereocenters. The highest BCUT2D eigenvalue weighted by molar-refractivity contribution is 6.25. The second-order valence-electron chi connectivity index (χ2n) is 7.63. The molecular formula is C26H21N3O2. The molecule has 0 fully saturated rings. The molecule has 0 radical (unpaired) electrons. The fourth-order valence-electron chi connectivity index (χ4n) is 4.07. The van der Waals surface area contributed by atoms with Crippen LogP contribution < -0.4 is 16.0 Å². The molecule has 0 aromatic heterocycles. The van der Waals surface area contributed by atoms with E-state index in [-0.39, 0.29) is 11.8 Å². The van der Waals surface area contributed by atoms with Crippen molar-refractivity contribution < 1.29 is 9.59 Å². The molecule has 152 valence electrons. The largest absolute Gasteiger partial charge is 0.397 e. The standard InChI is InChI=1S/C26H21N3O2/c27-21-8-1-2-9-22(21)28-25(30)19-13-11-17(12-14-19)15-16-29-23-10-4-6-18-5-3-7-20(24(18)23)26(29)31/h1-14H,15-16,27H2,(H,28,30). The number of benzene rings is 4. The molecule has 5 rings (SSSR count). The summed E-state index contributed by atoms with van der Waals surface area (Å²) < 4.78 is 0. The van der Waals surface area contributed by atoms with Crippen LogP contribution in [0.25, 0.3) is 10.8 Å². The molecule has 0 aliphatic carbocycles. The molecule has 0 spiro atoms. The van der Waals surface area contributed by atoms with Gasteiger partial charge in [0, 0.05) is 23.1 Å². The fourth-order valence-corrected chi connectivity index (χ4v) is 4.07. The van der Waals surface area contributed by atoms with Gasteiger partial charge in [-0.25, -0.2) is 0 Å². The van der Waals surface area contributed by atoms with Gasteiger partial charge in [-0.1, -0.05) is 48.5 Å². The number of carbonyl (C=O) groups excluding carboxylic acids is 2. The van der Waals surface area contributed by atoms with E-state index in [0.29, 0.717) is 29.9 Å². The number of rotatable bonds is 5. The molecule has 4 aromatic rings. The number of nitrogens with one attached hydrogen (secondary N) is 1. The van der Waals surface area contributed by atoms with Crippen LogP contribution in [0, 0.1) is 0 Å². The quantitative estimate of drug-likeness (QED) is 0.463. The van der Waals surface area contributed by atoms with Gasteiger partial charge in [-0.3, -0.25) is 9.59 Å². The van der Waals surface area contributed by atoms with Crippen LogP contribution in [0.15, 0.2) is 84.9 Å². The highest BCUT2D eigenvalue weighted by Gasteiger charge is 2.28. The Morgan fingerprint density at radius 1 is 0.871 bits per heavy atom. The summed E-state index contributed by atoms with van der Waals surface area (Å²) in [5.74, 6) is -0.162. The molecule has 0 bridgehead atoms. The van der Waals surface area contributed by atoms with E-state index in [9.17, 15) is 9.59 Å². The van der Waals surface area contributed by atoms with E-state index in [2.05, 4.69) is 5.32 Å². The molecule has 4 aromatic carbocycles. The van der Waals surface area contributed by atoms with Gasteiger partial charge in [-0.2, -0.15) is 0 Å². The first-order chi connectivity index (χ1) is 15.1. The molecule has 1 aliphatic heterocycles. The van der Waals surface area contributed by atoms with Gasteiger partial charge < -0.3 is 16.0 Å². The van der Waals surface area contributed by atoms with E-state index >= 15 is 0 Å². The number of amides is 2. The van der Waals surface area contributed by atoms with Gasteiger partial charge >= 0.3 is 0 Å². The molecule has 5 nitrogen and oxygen atoms in total. The number of hydrogen-bond donors (Lipinski definition) is 2. The summed E-state index contributed by atoms with van der Waals surface area (Å²) in [6, 6.07) is 26.5. The van der Waals surface area contributed by atoms with Crippen LogP contribution in [0.3, 0.4) is 0 Å². The van der Waals surface area contributed by atoms with Gasteiger partial charge in [0.2, 0.25) is 0 Å². The molecule has 5 heteroatoms. The Bertz CT molecular complexity index is 1310. The number of carbonyl (C=O) groups is 2. The molecule has 0 unspecified atom stereocenters. The maximum absolute atomic E-state index is 12.9. The zero-order valence-electron chi connectivity index (χ0n) is 16.8. The zero-order chi connectivity index (χ0) is 21.4. The van der Waals surface area contributed by atoms with Gasteiger partial charge in [0.05, 0.1) is 17.1 Å². The smallest absolute Gasteiger partial charge is 0.259 e. The van der Waals surface area contributed by atoms with Gasteiger partial charge in [0.15, 0.2) is 0 Å². The van der Waals surface area contributed by atoms with Crippen molar-refractivity contribution in [3.8, 4) is 0 Å². The van der Waals surface area contributed by atoms with Gasteiger partial charge in [0.25, 0.3) is 11.8 Å². The van der Waals surface area contributed by atoms with E-state index in [1.165, 1.54) is 0 Å². The average molecular weight is 407 g/mol. The van der Waals surface area contributed by atoms with Crippen molar-refractivity contribution in [3.63, 3.8) is 0 Å². The number of nitrogens with two attached hydrogens (primary N) is 1. The number of nitrogen functional groups attached to an aromatic ring is 1. The lowest BCUT2D eigenvalue weighted by molar-refractivity contribution is 0.0991. The monoisotopic (exact) mass is 407 g/mol. The number of anilines is 3. The molecule has 0 saturated heterocycles. The Morgan fingerprint density at radius 2 is 1.61 bits per heavy atom. The van der Waals surface area contributed by atoms with E-state index < -0.39 is 0 Å². The van der Waals surface area contributed by atoms with E-state index in [1.807, 2.05) is 65.6 Å². The Kier molecular flexibility index (Phi) is 4.64. The summed E-state index contributed by atoms with van der Waals surface area (Å²) >= 11 is 0. The highest BCUT2D eigenvalue weighted by atomic mass is 16.2. The van der Waals surface area contributed by atoms with Gasteiger partial charge in [-0.05, 0) is 53.8 Å². The third-order valence-corrected chi connectivity index (χ3v) is 5.70. The summed E-state index contributed by atoms with van der Waals surface area (Å²) in [5, 5.41) is 4.95. The van der Waals surface area contributed by atoms with Crippen molar-refractivity contribution >= 4 is 39.6 Å². The topological polar surface area (TPSA) is 75.4 Å². The van der Waals surface area contributed by atoms with Crippen LogP contribution >= 0.6 is 0 Å². The Balaban J connectivity index is 1.28. The Morgan fingerprint density at radius 3 is 2.39 bits per heavy atom. The van der Waals surface area contributed by atoms with Crippen LogP contribution in [0.4, 0.5) is 17.1 Å². The minimum atomic E-state index is -0.207. The molecule has 3 N–H and O–H groups in total. The molecular weight excluding hydrogens is 386 g/mol. The third-order valence-electron chi connectivity index (χ3n) is 5.70. The first kappa shape index (κ1) is 18.9. The SMILES string of the molecule is Nc1ccccc1NC(=O)c1ccc(CCN2C(=O)c3cccc4cccc2c34)cc1. The van der Waals surface area contributed by atoms with Crippen LogP contribution in [-0.2, 0) is 6.42 Å². The average Bonchev–Trinajstić information content (AvgIpc) is 3.07. The van der Waals surface area contributed by atoms with Crippen molar-refractivity contribution in [2.45, 2.75) is 6.42 Å². The normalized spacial score (nSPS) is 12.4. The first-order valence-corrected chi connectivity index (χ1v) is 10.2. The van der Waals surface area contributed by atoms with Crippen LogP contribution in [-0.4, -0.2) is 18.4 Å². The highest BCUT2D eigenvalue weighted by Crippen LogP contribution is 2.37. The Labute approximate surface area is 180 Å². The minimum absolute atomic E-state index is 0.0447. The van der Waals surface area contributed by atoms with Crippen molar-refractivity contribution in [2.24, 2.45) is 0 Å². The molecule has 1 heterocycles. The van der Waals surface area contributed by atoms with Gasteiger partial charge in [0.1, 0.15) is 0 Å². The molecule has 0 saturated carbocycles. The summed E-state index contributed by atoms with van der Waals surface area (Å²) in [6.07, 6.45) is 0.698. The molecule has 1 aliphatic rings. The Hall–Kier alpha value is -4.12. The van der Waals surface area contributed by atoms with E-state index in [0.717, 1.165) is 27.6 Å². The zero-order valence-corrected chi connectivity index (χ0v) is 16.8. The lowest BCUT2D eigenvalue weighted by atomic mass is 10.1. The summed E-state index contributed by atoms with van der Waals surface area (Å²) in [7, 11) is 0.